The van der Waals surface area contributed by atoms with Gasteiger partial charge in [0.05, 0.1) is 11.4 Å². The van der Waals surface area contributed by atoms with Crippen LogP contribution in [0, 0.1) is 6.92 Å². The van der Waals surface area contributed by atoms with Crippen molar-refractivity contribution in [3.8, 4) is 11.1 Å². The molecule has 10 nitrogen and oxygen atoms in total. The molecule has 1 saturated heterocycles. The predicted octanol–water partition coefficient (Wildman–Crippen LogP) is 6.77. The van der Waals surface area contributed by atoms with Crippen molar-refractivity contribution in [1.82, 2.24) is 9.88 Å². The number of aryl methyl sites for hydroxylation is 1. The number of carbonyl (C=O) groups is 3. The SMILES string of the molecule is Cc1ccc(-c2ccc(NC(=O)OC(C)(C)C)c(NC(=O)c3nc(N4CCN(C(=O)OC(C)(C)C)CC4)cs3)c2)cc1. The first-order chi connectivity index (χ1) is 19.7. The molecule has 1 aliphatic rings. The normalized spacial score (nSPS) is 13.9. The molecule has 1 aliphatic heterocycles. The lowest BCUT2D eigenvalue weighted by molar-refractivity contribution is 0.0240. The molecule has 2 N–H and O–H groups in total. The van der Waals surface area contributed by atoms with Crippen LogP contribution in [0.3, 0.4) is 0 Å². The van der Waals surface area contributed by atoms with Gasteiger partial charge in [0, 0.05) is 31.6 Å². The predicted molar refractivity (Wildman–Crippen MR) is 167 cm³/mol. The Labute approximate surface area is 251 Å². The van der Waals surface area contributed by atoms with Gasteiger partial charge in [0.2, 0.25) is 0 Å². The number of aromatic nitrogens is 1. The Morgan fingerprint density at radius 3 is 2.05 bits per heavy atom. The maximum Gasteiger partial charge on any atom is 0.412 e. The van der Waals surface area contributed by atoms with Gasteiger partial charge in [-0.1, -0.05) is 35.9 Å². The number of nitrogens with one attached hydrogen (secondary N) is 2. The zero-order valence-corrected chi connectivity index (χ0v) is 26.1. The standard InChI is InChI=1S/C31H39N5O5S/c1-20-8-10-21(11-9-20)22-12-13-23(33-28(38)40-30(2,3)4)24(18-22)32-26(37)27-34-25(19-42-27)35-14-16-36(17-15-35)29(39)41-31(5,6)7/h8-13,18-19H,14-17H2,1-7H3,(H,32,37)(H,33,38). The molecule has 2 aromatic carbocycles. The molecular formula is C31H39N5O5S. The van der Waals surface area contributed by atoms with Gasteiger partial charge in [-0.25, -0.2) is 14.6 Å². The van der Waals surface area contributed by atoms with Gasteiger partial charge in [0.15, 0.2) is 5.01 Å². The van der Waals surface area contributed by atoms with Crippen LogP contribution in [-0.4, -0.2) is 65.4 Å². The smallest absolute Gasteiger partial charge is 0.412 e. The van der Waals surface area contributed by atoms with E-state index in [-0.39, 0.29) is 11.1 Å². The Morgan fingerprint density at radius 2 is 1.43 bits per heavy atom. The van der Waals surface area contributed by atoms with Crippen LogP contribution in [-0.2, 0) is 9.47 Å². The molecule has 224 valence electrons. The highest BCUT2D eigenvalue weighted by Crippen LogP contribution is 2.31. The molecule has 0 saturated carbocycles. The number of ether oxygens (including phenoxy) is 2. The Morgan fingerprint density at radius 1 is 0.810 bits per heavy atom. The molecule has 0 atom stereocenters. The lowest BCUT2D eigenvalue weighted by Crippen LogP contribution is -2.50. The maximum absolute atomic E-state index is 13.3. The summed E-state index contributed by atoms with van der Waals surface area (Å²) in [6.45, 7) is 15.1. The van der Waals surface area contributed by atoms with Gasteiger partial charge < -0.3 is 24.6 Å². The highest BCUT2D eigenvalue weighted by molar-refractivity contribution is 7.12. The number of amides is 3. The third kappa shape index (κ3) is 8.45. The first-order valence-electron chi connectivity index (χ1n) is 13.9. The minimum absolute atomic E-state index is 0.281. The molecule has 0 bridgehead atoms. The second-order valence-electron chi connectivity index (χ2n) is 12.2. The van der Waals surface area contributed by atoms with Gasteiger partial charge in [-0.05, 0) is 71.7 Å². The fourth-order valence-electron chi connectivity index (χ4n) is 4.23. The van der Waals surface area contributed by atoms with Crippen molar-refractivity contribution in [2.75, 3.05) is 41.7 Å². The Hall–Kier alpha value is -4.12. The van der Waals surface area contributed by atoms with Crippen LogP contribution in [0.5, 0.6) is 0 Å². The Balaban J connectivity index is 1.48. The van der Waals surface area contributed by atoms with Crippen LogP contribution >= 0.6 is 11.3 Å². The molecule has 0 spiro atoms. The number of hydrogen-bond acceptors (Lipinski definition) is 8. The van der Waals surface area contributed by atoms with Crippen molar-refractivity contribution in [2.24, 2.45) is 0 Å². The van der Waals surface area contributed by atoms with Crippen molar-refractivity contribution in [2.45, 2.75) is 59.7 Å². The van der Waals surface area contributed by atoms with E-state index in [1.54, 1.807) is 31.7 Å². The number of rotatable bonds is 5. The molecule has 1 fully saturated rings. The van der Waals surface area contributed by atoms with Crippen LogP contribution in [0.2, 0.25) is 0 Å². The number of thiazole rings is 1. The van der Waals surface area contributed by atoms with Crippen molar-refractivity contribution in [3.63, 3.8) is 0 Å². The summed E-state index contributed by atoms with van der Waals surface area (Å²) in [7, 11) is 0. The summed E-state index contributed by atoms with van der Waals surface area (Å²) in [6, 6.07) is 13.5. The van der Waals surface area contributed by atoms with Crippen molar-refractivity contribution >= 4 is 46.6 Å². The lowest BCUT2D eigenvalue weighted by Gasteiger charge is -2.35. The number of hydrogen-bond donors (Lipinski definition) is 2. The summed E-state index contributed by atoms with van der Waals surface area (Å²) in [5.41, 5.74) is 2.60. The molecule has 42 heavy (non-hydrogen) atoms. The molecule has 3 aromatic rings. The number of nitrogens with zero attached hydrogens (tertiary/aromatic N) is 3. The zero-order chi connectivity index (χ0) is 30.7. The molecular weight excluding hydrogens is 554 g/mol. The van der Waals surface area contributed by atoms with Gasteiger partial charge in [-0.3, -0.25) is 10.1 Å². The molecule has 3 amide bonds. The number of anilines is 3. The van der Waals surface area contributed by atoms with E-state index in [1.807, 2.05) is 74.4 Å². The van der Waals surface area contributed by atoms with Gasteiger partial charge in [0.25, 0.3) is 5.91 Å². The van der Waals surface area contributed by atoms with Crippen LogP contribution in [0.1, 0.15) is 56.9 Å². The second-order valence-corrected chi connectivity index (χ2v) is 13.0. The van der Waals surface area contributed by atoms with Crippen LogP contribution < -0.4 is 15.5 Å². The summed E-state index contributed by atoms with van der Waals surface area (Å²) in [4.78, 5) is 46.6. The summed E-state index contributed by atoms with van der Waals surface area (Å²) in [5.74, 6) is 0.279. The summed E-state index contributed by atoms with van der Waals surface area (Å²) in [6.07, 6.45) is -0.952. The molecule has 0 radical (unpaired) electrons. The monoisotopic (exact) mass is 593 g/mol. The van der Waals surface area contributed by atoms with E-state index in [4.69, 9.17) is 9.47 Å². The summed E-state index contributed by atoms with van der Waals surface area (Å²) < 4.78 is 10.9. The van der Waals surface area contributed by atoms with Gasteiger partial charge in [0.1, 0.15) is 17.0 Å². The van der Waals surface area contributed by atoms with E-state index >= 15 is 0 Å². The first kappa shape index (κ1) is 30.8. The second kappa shape index (κ2) is 12.4. The topological polar surface area (TPSA) is 113 Å². The molecule has 0 aliphatic carbocycles. The Kier molecular flexibility index (Phi) is 9.10. The fraction of sp³-hybridized carbons (Fsp3) is 0.419. The highest BCUT2D eigenvalue weighted by Gasteiger charge is 2.27. The maximum atomic E-state index is 13.3. The zero-order valence-electron chi connectivity index (χ0n) is 25.2. The van der Waals surface area contributed by atoms with E-state index in [9.17, 15) is 14.4 Å². The van der Waals surface area contributed by atoms with Crippen LogP contribution in [0.4, 0.5) is 26.8 Å². The summed E-state index contributed by atoms with van der Waals surface area (Å²) in [5, 5.41) is 7.79. The Bertz CT molecular complexity index is 1430. The van der Waals surface area contributed by atoms with Crippen molar-refractivity contribution in [1.29, 1.82) is 0 Å². The quantitative estimate of drug-likeness (QED) is 0.335. The van der Waals surface area contributed by atoms with E-state index in [0.29, 0.717) is 43.4 Å². The van der Waals surface area contributed by atoms with Crippen LogP contribution in [0.25, 0.3) is 11.1 Å². The fourth-order valence-corrected chi connectivity index (χ4v) is 4.95. The van der Waals surface area contributed by atoms with Gasteiger partial charge in [-0.2, -0.15) is 0 Å². The molecule has 11 heteroatoms. The largest absolute Gasteiger partial charge is 0.444 e. The van der Waals surface area contributed by atoms with Crippen molar-refractivity contribution in [3.05, 3.63) is 58.4 Å². The first-order valence-corrected chi connectivity index (χ1v) is 14.8. The number of carbonyl (C=O) groups excluding carboxylic acids is 3. The molecule has 2 heterocycles. The molecule has 1 aromatic heterocycles. The van der Waals surface area contributed by atoms with Gasteiger partial charge >= 0.3 is 12.2 Å². The van der Waals surface area contributed by atoms with E-state index < -0.39 is 23.2 Å². The minimum Gasteiger partial charge on any atom is -0.444 e. The van der Waals surface area contributed by atoms with Gasteiger partial charge in [-0.15, -0.1) is 11.3 Å². The lowest BCUT2D eigenvalue weighted by atomic mass is 10.0. The van der Waals surface area contributed by atoms with E-state index in [2.05, 4.69) is 15.6 Å². The third-order valence-corrected chi connectivity index (χ3v) is 7.06. The summed E-state index contributed by atoms with van der Waals surface area (Å²) >= 11 is 1.23. The van der Waals surface area contributed by atoms with E-state index in [0.717, 1.165) is 16.7 Å². The number of piperazine rings is 1. The molecule has 4 rings (SSSR count). The highest BCUT2D eigenvalue weighted by atomic mass is 32.1. The third-order valence-electron chi connectivity index (χ3n) is 6.23. The average Bonchev–Trinajstić information content (AvgIpc) is 3.39. The average molecular weight is 594 g/mol. The van der Waals surface area contributed by atoms with Crippen LogP contribution in [0.15, 0.2) is 47.8 Å². The molecule has 0 unspecified atom stereocenters. The number of benzene rings is 2. The van der Waals surface area contributed by atoms with Crippen molar-refractivity contribution < 1.29 is 23.9 Å². The minimum atomic E-state index is -0.676. The van der Waals surface area contributed by atoms with E-state index in [1.165, 1.54) is 11.3 Å².